The molecule has 1 aliphatic carbocycles. The van der Waals surface area contributed by atoms with Gasteiger partial charge in [0.05, 0.1) is 0 Å². The van der Waals surface area contributed by atoms with E-state index in [1.54, 1.807) is 6.08 Å². The van der Waals surface area contributed by atoms with Crippen LogP contribution in [-0.4, -0.2) is 10.6 Å². The molecule has 2 aromatic rings. The Morgan fingerprint density at radius 1 is 1.00 bits per heavy atom. The lowest BCUT2D eigenvalue weighted by Crippen LogP contribution is -2.14. The molecule has 2 heteroatoms. The molecule has 0 aromatic heterocycles. The third-order valence-corrected chi connectivity index (χ3v) is 5.06. The molecule has 0 radical (unpaired) electrons. The quantitative estimate of drug-likeness (QED) is 0.428. The van der Waals surface area contributed by atoms with Gasteiger partial charge in [-0.25, -0.2) is 0 Å². The smallest absolute Gasteiger partial charge is 0.156 e. The van der Waals surface area contributed by atoms with Crippen molar-refractivity contribution in [3.8, 4) is 0 Å². The highest BCUT2D eigenvalue weighted by Gasteiger charge is 2.32. The van der Waals surface area contributed by atoms with Crippen molar-refractivity contribution >= 4 is 28.9 Å². The van der Waals surface area contributed by atoms with E-state index >= 15 is 0 Å². The fraction of sp³-hybridized carbons (Fsp3) is 0.304. The van der Waals surface area contributed by atoms with Gasteiger partial charge in [0.1, 0.15) is 0 Å². The van der Waals surface area contributed by atoms with Crippen molar-refractivity contribution in [3.63, 3.8) is 0 Å². The monoisotopic (exact) mass is 348 g/mol. The molecule has 25 heavy (non-hydrogen) atoms. The van der Waals surface area contributed by atoms with E-state index in [9.17, 15) is 4.79 Å². The van der Waals surface area contributed by atoms with Gasteiger partial charge in [0.15, 0.2) is 5.78 Å². The SMILES string of the molecule is O=C(/C=C/c1ccccc1)CC(CC(=S)Cc1ccccc1)C1CC1. The van der Waals surface area contributed by atoms with Crippen LogP contribution in [0, 0.1) is 11.8 Å². The summed E-state index contributed by atoms with van der Waals surface area (Å²) in [5.41, 5.74) is 2.33. The molecule has 1 nitrogen and oxygen atoms in total. The molecule has 128 valence electrons. The Labute approximate surface area is 155 Å². The molecule has 1 atom stereocenters. The van der Waals surface area contributed by atoms with Gasteiger partial charge < -0.3 is 0 Å². The second-order valence-electron chi connectivity index (χ2n) is 6.92. The number of carbonyl (C=O) groups is 1. The summed E-state index contributed by atoms with van der Waals surface area (Å²) in [6.45, 7) is 0. The van der Waals surface area contributed by atoms with Crippen LogP contribution in [0.2, 0.25) is 0 Å². The van der Waals surface area contributed by atoms with Crippen LogP contribution in [0.15, 0.2) is 66.7 Å². The highest BCUT2D eigenvalue weighted by Crippen LogP contribution is 2.41. The number of ketones is 1. The molecular formula is C23H24OS. The maximum atomic E-state index is 12.4. The Hall–Kier alpha value is -2.06. The predicted octanol–water partition coefficient (Wildman–Crippen LogP) is 5.69. The van der Waals surface area contributed by atoms with Crippen molar-refractivity contribution in [2.45, 2.75) is 32.1 Å². The molecule has 3 rings (SSSR count). The Morgan fingerprint density at radius 2 is 1.64 bits per heavy atom. The van der Waals surface area contributed by atoms with Crippen LogP contribution in [0.5, 0.6) is 0 Å². The van der Waals surface area contributed by atoms with Gasteiger partial charge >= 0.3 is 0 Å². The standard InChI is InChI=1S/C23H24OS/c24-22(14-11-18-7-3-1-4-8-18)16-21(20-12-13-20)17-23(25)15-19-9-5-2-6-10-19/h1-11,14,20-21H,12-13,15-17H2/b14-11+. The van der Waals surface area contributed by atoms with Gasteiger partial charge in [-0.05, 0) is 53.2 Å². The van der Waals surface area contributed by atoms with E-state index in [4.69, 9.17) is 12.2 Å². The van der Waals surface area contributed by atoms with E-state index in [-0.39, 0.29) is 5.78 Å². The Kier molecular flexibility index (Phi) is 6.30. The topological polar surface area (TPSA) is 17.1 Å². The predicted molar refractivity (Wildman–Crippen MR) is 109 cm³/mol. The first-order chi connectivity index (χ1) is 12.2. The summed E-state index contributed by atoms with van der Waals surface area (Å²) in [6.07, 6.45) is 8.47. The summed E-state index contributed by atoms with van der Waals surface area (Å²) < 4.78 is 0. The van der Waals surface area contributed by atoms with E-state index in [1.807, 2.05) is 54.6 Å². The van der Waals surface area contributed by atoms with Gasteiger partial charge in [-0.3, -0.25) is 4.79 Å². The fourth-order valence-corrected chi connectivity index (χ4v) is 3.62. The molecule has 0 saturated heterocycles. The minimum Gasteiger partial charge on any atom is -0.295 e. The number of thiocarbonyl (C=S) groups is 1. The Bertz CT molecular complexity index is 729. The minimum absolute atomic E-state index is 0.211. The number of rotatable bonds is 9. The van der Waals surface area contributed by atoms with Crippen molar-refractivity contribution in [1.82, 2.24) is 0 Å². The molecule has 1 saturated carbocycles. The summed E-state index contributed by atoms with van der Waals surface area (Å²) in [4.78, 5) is 13.4. The second-order valence-corrected chi connectivity index (χ2v) is 7.49. The zero-order valence-corrected chi connectivity index (χ0v) is 15.3. The molecular weight excluding hydrogens is 324 g/mol. The lowest BCUT2D eigenvalue weighted by Gasteiger charge is -2.15. The molecule has 0 amide bonds. The normalized spacial score (nSPS) is 15.2. The first-order valence-electron chi connectivity index (χ1n) is 9.02. The summed E-state index contributed by atoms with van der Waals surface area (Å²) in [5.74, 6) is 1.30. The van der Waals surface area contributed by atoms with Crippen LogP contribution < -0.4 is 0 Å². The van der Waals surface area contributed by atoms with Crippen LogP contribution in [0.25, 0.3) is 6.08 Å². The van der Waals surface area contributed by atoms with Gasteiger partial charge in [-0.2, -0.15) is 0 Å². The Balaban J connectivity index is 1.53. The third-order valence-electron chi connectivity index (χ3n) is 4.75. The lowest BCUT2D eigenvalue weighted by atomic mass is 9.90. The molecule has 0 spiro atoms. The van der Waals surface area contributed by atoms with Crippen LogP contribution in [0.1, 0.15) is 36.8 Å². The highest BCUT2D eigenvalue weighted by molar-refractivity contribution is 7.80. The Morgan fingerprint density at radius 3 is 2.28 bits per heavy atom. The second kappa shape index (κ2) is 8.87. The van der Waals surface area contributed by atoms with Gasteiger partial charge in [0, 0.05) is 12.8 Å². The molecule has 0 bridgehead atoms. The number of hydrogen-bond acceptors (Lipinski definition) is 2. The van der Waals surface area contributed by atoms with E-state index in [1.165, 1.54) is 18.4 Å². The zero-order chi connectivity index (χ0) is 17.5. The maximum absolute atomic E-state index is 12.4. The number of carbonyl (C=O) groups excluding carboxylic acids is 1. The van der Waals surface area contributed by atoms with Crippen LogP contribution in [0.4, 0.5) is 0 Å². The van der Waals surface area contributed by atoms with Gasteiger partial charge in [0.2, 0.25) is 0 Å². The van der Waals surface area contributed by atoms with E-state index < -0.39 is 0 Å². The van der Waals surface area contributed by atoms with E-state index in [2.05, 4.69) is 12.1 Å². The van der Waals surface area contributed by atoms with Crippen molar-refractivity contribution in [1.29, 1.82) is 0 Å². The number of hydrogen-bond donors (Lipinski definition) is 0. The fourth-order valence-electron chi connectivity index (χ4n) is 3.24. The molecule has 1 unspecified atom stereocenters. The average molecular weight is 349 g/mol. The molecule has 2 aromatic carbocycles. The summed E-state index contributed by atoms with van der Waals surface area (Å²) >= 11 is 5.62. The highest BCUT2D eigenvalue weighted by atomic mass is 32.1. The first kappa shape index (κ1) is 17.8. The molecule has 1 fully saturated rings. The lowest BCUT2D eigenvalue weighted by molar-refractivity contribution is -0.115. The van der Waals surface area contributed by atoms with Gasteiger partial charge in [-0.1, -0.05) is 79.0 Å². The summed E-state index contributed by atoms with van der Waals surface area (Å²) in [7, 11) is 0. The third kappa shape index (κ3) is 6.06. The van der Waals surface area contributed by atoms with Crippen LogP contribution in [0.3, 0.4) is 0 Å². The minimum atomic E-state index is 0.211. The van der Waals surface area contributed by atoms with E-state index in [0.717, 1.165) is 23.3 Å². The number of benzene rings is 2. The molecule has 0 N–H and O–H groups in total. The first-order valence-corrected chi connectivity index (χ1v) is 9.43. The van der Waals surface area contributed by atoms with Gasteiger partial charge in [-0.15, -0.1) is 0 Å². The van der Waals surface area contributed by atoms with Gasteiger partial charge in [0.25, 0.3) is 0 Å². The van der Waals surface area contributed by atoms with Crippen LogP contribution >= 0.6 is 12.2 Å². The molecule has 0 heterocycles. The van der Waals surface area contributed by atoms with Crippen molar-refractivity contribution in [2.24, 2.45) is 11.8 Å². The largest absolute Gasteiger partial charge is 0.295 e. The van der Waals surface area contributed by atoms with E-state index in [0.29, 0.717) is 18.3 Å². The van der Waals surface area contributed by atoms with Crippen molar-refractivity contribution in [3.05, 3.63) is 77.9 Å². The van der Waals surface area contributed by atoms with Crippen molar-refractivity contribution in [2.75, 3.05) is 0 Å². The summed E-state index contributed by atoms with van der Waals surface area (Å²) in [6, 6.07) is 20.3. The maximum Gasteiger partial charge on any atom is 0.156 e. The molecule has 0 aliphatic heterocycles. The summed E-state index contributed by atoms with van der Waals surface area (Å²) in [5, 5.41) is 0. The average Bonchev–Trinajstić information content (AvgIpc) is 3.46. The molecule has 1 aliphatic rings. The van der Waals surface area contributed by atoms with Crippen molar-refractivity contribution < 1.29 is 4.79 Å². The van der Waals surface area contributed by atoms with Crippen LogP contribution in [-0.2, 0) is 11.2 Å². The zero-order valence-electron chi connectivity index (χ0n) is 14.4. The number of allylic oxidation sites excluding steroid dienone is 1.